The summed E-state index contributed by atoms with van der Waals surface area (Å²) < 4.78 is 14.3. The van der Waals surface area contributed by atoms with Gasteiger partial charge >= 0.3 is 0 Å². The summed E-state index contributed by atoms with van der Waals surface area (Å²) in [6, 6.07) is 13.7. The zero-order valence-electron chi connectivity index (χ0n) is 16.1. The fourth-order valence-electron chi connectivity index (χ4n) is 2.93. The molecule has 0 fully saturated rings. The molecule has 3 rings (SSSR count). The summed E-state index contributed by atoms with van der Waals surface area (Å²) in [5, 5.41) is 7.16. The van der Waals surface area contributed by atoms with Gasteiger partial charge in [0.05, 0.1) is 5.69 Å². The molecule has 0 aliphatic carbocycles. The Morgan fingerprint density at radius 2 is 1.79 bits per heavy atom. The van der Waals surface area contributed by atoms with Gasteiger partial charge in [-0.3, -0.25) is 9.59 Å². The van der Waals surface area contributed by atoms with Crippen LogP contribution < -0.4 is 10.9 Å². The third-order valence-corrected chi connectivity index (χ3v) is 4.72. The fraction of sp³-hybridized carbons (Fsp3) is 0.227. The van der Waals surface area contributed by atoms with E-state index in [1.807, 2.05) is 39.0 Å². The van der Waals surface area contributed by atoms with Crippen molar-refractivity contribution in [1.82, 2.24) is 9.78 Å². The molecule has 0 radical (unpaired) electrons. The second-order valence-corrected chi connectivity index (χ2v) is 6.72. The van der Waals surface area contributed by atoms with E-state index >= 15 is 0 Å². The molecule has 1 atom stereocenters. The predicted molar refractivity (Wildman–Crippen MR) is 108 cm³/mol. The average molecular weight is 379 g/mol. The molecule has 1 amide bonds. The van der Waals surface area contributed by atoms with Crippen molar-refractivity contribution >= 4 is 11.6 Å². The molecule has 5 nitrogen and oxygen atoms in total. The van der Waals surface area contributed by atoms with E-state index in [0.29, 0.717) is 17.8 Å². The highest BCUT2D eigenvalue weighted by Gasteiger charge is 2.21. The molecule has 0 aliphatic heterocycles. The molecular formula is C22H22FN3O2. The van der Waals surface area contributed by atoms with Crippen LogP contribution in [0.1, 0.15) is 30.5 Å². The number of hydrogen-bond acceptors (Lipinski definition) is 3. The second-order valence-electron chi connectivity index (χ2n) is 6.72. The average Bonchev–Trinajstić information content (AvgIpc) is 2.68. The van der Waals surface area contributed by atoms with Gasteiger partial charge in [0.1, 0.15) is 11.9 Å². The quantitative estimate of drug-likeness (QED) is 0.721. The largest absolute Gasteiger partial charge is 0.324 e. The molecule has 3 aromatic rings. The van der Waals surface area contributed by atoms with Crippen molar-refractivity contribution in [3.8, 4) is 11.3 Å². The third-order valence-electron chi connectivity index (χ3n) is 4.72. The first-order valence-electron chi connectivity index (χ1n) is 9.13. The van der Waals surface area contributed by atoms with Gasteiger partial charge in [-0.05, 0) is 67.8 Å². The summed E-state index contributed by atoms with van der Waals surface area (Å²) in [5.74, 6) is -0.759. The van der Waals surface area contributed by atoms with Crippen LogP contribution in [0, 0.1) is 19.7 Å². The molecule has 1 aromatic heterocycles. The monoisotopic (exact) mass is 379 g/mol. The fourth-order valence-corrected chi connectivity index (χ4v) is 2.93. The Bertz CT molecular complexity index is 1060. The minimum atomic E-state index is -0.774. The van der Waals surface area contributed by atoms with E-state index in [9.17, 15) is 14.0 Å². The predicted octanol–water partition coefficient (Wildman–Crippen LogP) is 4.26. The molecule has 0 saturated heterocycles. The lowest BCUT2D eigenvalue weighted by Gasteiger charge is -2.17. The molecule has 1 N–H and O–H groups in total. The lowest BCUT2D eigenvalue weighted by molar-refractivity contribution is -0.119. The molecule has 1 unspecified atom stereocenters. The summed E-state index contributed by atoms with van der Waals surface area (Å²) in [5.41, 5.74) is 3.90. The van der Waals surface area contributed by atoms with Gasteiger partial charge in [-0.2, -0.15) is 5.10 Å². The summed E-state index contributed by atoms with van der Waals surface area (Å²) in [7, 11) is 0. The van der Waals surface area contributed by atoms with Gasteiger partial charge < -0.3 is 5.32 Å². The molecule has 0 spiro atoms. The van der Waals surface area contributed by atoms with Crippen molar-refractivity contribution < 1.29 is 9.18 Å². The van der Waals surface area contributed by atoms with Gasteiger partial charge in [-0.15, -0.1) is 0 Å². The number of nitrogens with one attached hydrogen (secondary N) is 1. The lowest BCUT2D eigenvalue weighted by atomic mass is 10.0. The topological polar surface area (TPSA) is 64.0 Å². The van der Waals surface area contributed by atoms with E-state index in [1.54, 1.807) is 6.07 Å². The second kappa shape index (κ2) is 8.17. The van der Waals surface area contributed by atoms with E-state index in [4.69, 9.17) is 0 Å². The van der Waals surface area contributed by atoms with Crippen molar-refractivity contribution in [2.75, 3.05) is 5.32 Å². The van der Waals surface area contributed by atoms with Crippen LogP contribution in [0.2, 0.25) is 0 Å². The maximum atomic E-state index is 13.1. The number of carbonyl (C=O) groups is 1. The van der Waals surface area contributed by atoms with Crippen molar-refractivity contribution in [1.29, 1.82) is 0 Å². The van der Waals surface area contributed by atoms with Crippen LogP contribution in [0.15, 0.2) is 59.4 Å². The summed E-state index contributed by atoms with van der Waals surface area (Å²) >= 11 is 0. The Morgan fingerprint density at radius 1 is 1.07 bits per heavy atom. The van der Waals surface area contributed by atoms with Gasteiger partial charge in [0.2, 0.25) is 5.91 Å². The molecule has 2 aromatic carbocycles. The molecule has 0 aliphatic rings. The third kappa shape index (κ3) is 4.17. The van der Waals surface area contributed by atoms with Crippen LogP contribution in [-0.4, -0.2) is 15.7 Å². The van der Waals surface area contributed by atoms with E-state index in [2.05, 4.69) is 10.4 Å². The Balaban J connectivity index is 1.93. The summed E-state index contributed by atoms with van der Waals surface area (Å²) in [4.78, 5) is 25.1. The molecule has 28 heavy (non-hydrogen) atoms. The first kappa shape index (κ1) is 19.5. The lowest BCUT2D eigenvalue weighted by Crippen LogP contribution is -2.34. The van der Waals surface area contributed by atoms with E-state index in [0.717, 1.165) is 11.1 Å². The molecule has 0 saturated carbocycles. The smallest absolute Gasteiger partial charge is 0.267 e. The standard InChI is InChI=1S/C22H22FN3O2/c1-4-20(22(28)24-18-9-7-17(23)8-10-18)26-21(27)12-11-19(25-26)16-6-5-14(2)15(3)13-16/h5-13,20H,4H2,1-3H3,(H,24,28). The number of rotatable bonds is 5. The number of hydrogen-bond donors (Lipinski definition) is 1. The van der Waals surface area contributed by atoms with E-state index in [-0.39, 0.29) is 17.3 Å². The highest BCUT2D eigenvalue weighted by Crippen LogP contribution is 2.21. The number of aryl methyl sites for hydroxylation is 2. The van der Waals surface area contributed by atoms with Gasteiger partial charge in [0.15, 0.2) is 0 Å². The molecule has 144 valence electrons. The van der Waals surface area contributed by atoms with Crippen LogP contribution in [-0.2, 0) is 4.79 Å². The van der Waals surface area contributed by atoms with Crippen LogP contribution in [0.5, 0.6) is 0 Å². The number of carbonyl (C=O) groups excluding carboxylic acids is 1. The number of amides is 1. The first-order chi connectivity index (χ1) is 13.4. The Kier molecular flexibility index (Phi) is 5.68. The SMILES string of the molecule is CCC(C(=O)Nc1ccc(F)cc1)n1nc(-c2ccc(C)c(C)c2)ccc1=O. The number of benzene rings is 2. The van der Waals surface area contributed by atoms with Gasteiger partial charge in [0.25, 0.3) is 5.56 Å². The highest BCUT2D eigenvalue weighted by molar-refractivity contribution is 5.93. The van der Waals surface area contributed by atoms with Crippen molar-refractivity contribution in [2.45, 2.75) is 33.2 Å². The van der Waals surface area contributed by atoms with Crippen molar-refractivity contribution in [2.24, 2.45) is 0 Å². The summed E-state index contributed by atoms with van der Waals surface area (Å²) in [6.07, 6.45) is 0.385. The van der Waals surface area contributed by atoms with E-state index in [1.165, 1.54) is 40.6 Å². The molecule has 6 heteroatoms. The van der Waals surface area contributed by atoms with Gasteiger partial charge in [-0.1, -0.05) is 19.1 Å². The van der Waals surface area contributed by atoms with Crippen LogP contribution >= 0.6 is 0 Å². The number of aromatic nitrogens is 2. The van der Waals surface area contributed by atoms with Crippen LogP contribution in [0.4, 0.5) is 10.1 Å². The number of nitrogens with zero attached hydrogens (tertiary/aromatic N) is 2. The van der Waals surface area contributed by atoms with E-state index < -0.39 is 6.04 Å². The highest BCUT2D eigenvalue weighted by atomic mass is 19.1. The minimum Gasteiger partial charge on any atom is -0.324 e. The Hall–Kier alpha value is -3.28. The summed E-state index contributed by atoms with van der Waals surface area (Å²) in [6.45, 7) is 5.85. The number of anilines is 1. The zero-order valence-corrected chi connectivity index (χ0v) is 16.1. The van der Waals surface area contributed by atoms with Crippen LogP contribution in [0.25, 0.3) is 11.3 Å². The Labute approximate surface area is 162 Å². The van der Waals surface area contributed by atoms with Gasteiger partial charge in [0, 0.05) is 17.3 Å². The molecule has 1 heterocycles. The normalized spacial score (nSPS) is 11.9. The van der Waals surface area contributed by atoms with Gasteiger partial charge in [-0.25, -0.2) is 9.07 Å². The Morgan fingerprint density at radius 3 is 2.43 bits per heavy atom. The maximum Gasteiger partial charge on any atom is 0.267 e. The zero-order chi connectivity index (χ0) is 20.3. The minimum absolute atomic E-state index is 0.353. The van der Waals surface area contributed by atoms with Crippen molar-refractivity contribution in [3.05, 3.63) is 81.9 Å². The maximum absolute atomic E-state index is 13.1. The van der Waals surface area contributed by atoms with Crippen LogP contribution in [0.3, 0.4) is 0 Å². The number of halogens is 1. The molecular weight excluding hydrogens is 357 g/mol. The molecule has 0 bridgehead atoms. The first-order valence-corrected chi connectivity index (χ1v) is 9.13. The van der Waals surface area contributed by atoms with Crippen molar-refractivity contribution in [3.63, 3.8) is 0 Å².